The van der Waals surface area contributed by atoms with Crippen molar-refractivity contribution in [1.82, 2.24) is 29.8 Å². The Morgan fingerprint density at radius 3 is 1.41 bits per heavy atom. The standard InChI is InChI=1S/C35H49N6O11P.Gd/c1-27(35(49)41-14-8-13-31(41)53(50,51-28-9-4-2-5-10-28)52-29-11-6-3-7-12-29)36-30(42)23-37-15-17-38(24-32(43)44)19-21-40(26-34(47)48)22-20-39(18-16-37)25-33(45)46;/h2-7,9-12,27,31H,8,13-26H2,1H3,(H,36,42)(H,43,44)(H,45,46)(H,47,48);. The summed E-state index contributed by atoms with van der Waals surface area (Å²) in [6.45, 7) is 2.74. The largest absolute Gasteiger partial charge is 0.480 e. The summed E-state index contributed by atoms with van der Waals surface area (Å²) >= 11 is 0. The molecule has 2 aromatic rings. The topological polar surface area (TPSA) is 210 Å². The van der Waals surface area contributed by atoms with Gasteiger partial charge in [-0.05, 0) is 44.0 Å². The van der Waals surface area contributed by atoms with E-state index < -0.39 is 49.1 Å². The van der Waals surface area contributed by atoms with Gasteiger partial charge in [0.2, 0.25) is 11.8 Å². The fourth-order valence-electron chi connectivity index (χ4n) is 6.32. The molecule has 2 amide bonds. The van der Waals surface area contributed by atoms with Crippen LogP contribution in [0.4, 0.5) is 0 Å². The van der Waals surface area contributed by atoms with E-state index in [0.29, 0.717) is 24.3 Å². The summed E-state index contributed by atoms with van der Waals surface area (Å²) in [5.74, 6) is -4.39. The molecule has 298 valence electrons. The molecule has 2 aromatic carbocycles. The Bertz CT molecular complexity index is 1520. The van der Waals surface area contributed by atoms with Crippen LogP contribution >= 0.6 is 7.60 Å². The van der Waals surface area contributed by atoms with Crippen LogP contribution in [-0.2, 0) is 28.5 Å². The number of likely N-dealkylation sites (tertiary alicyclic amines) is 1. The minimum Gasteiger partial charge on any atom is -0.480 e. The van der Waals surface area contributed by atoms with Crippen molar-refractivity contribution in [2.45, 2.75) is 31.6 Å². The normalized spacial score (nSPS) is 19.0. The SMILES string of the molecule is CC(NC(=O)CN1CCN(CC(=O)O)CCN(CC(=O)O)CCN(CC(=O)O)CC1)C(=O)N1CCCC1P(=O)(Oc1ccccc1)Oc1ccccc1.[Gd]. The Morgan fingerprint density at radius 2 is 1.04 bits per heavy atom. The molecule has 4 N–H and O–H groups in total. The molecule has 0 bridgehead atoms. The fraction of sp³-hybridized carbons (Fsp3) is 0.514. The van der Waals surface area contributed by atoms with Crippen molar-refractivity contribution in [1.29, 1.82) is 0 Å². The number of para-hydroxylation sites is 2. The molecule has 54 heavy (non-hydrogen) atoms. The van der Waals surface area contributed by atoms with Gasteiger partial charge in [-0.25, -0.2) is 4.57 Å². The third-order valence-electron chi connectivity index (χ3n) is 8.94. The molecule has 0 aliphatic carbocycles. The second kappa shape index (κ2) is 22.4. The van der Waals surface area contributed by atoms with Crippen LogP contribution in [0.25, 0.3) is 0 Å². The fourth-order valence-corrected chi connectivity index (χ4v) is 8.50. The average Bonchev–Trinajstić information content (AvgIpc) is 3.60. The first-order valence-corrected chi connectivity index (χ1v) is 19.2. The van der Waals surface area contributed by atoms with Crippen molar-refractivity contribution in [3.63, 3.8) is 0 Å². The number of aliphatic carboxylic acids is 3. The smallest absolute Gasteiger partial charge is 0.453 e. The van der Waals surface area contributed by atoms with Gasteiger partial charge >= 0.3 is 25.5 Å². The maximum absolute atomic E-state index is 14.5. The number of nitrogens with one attached hydrogen (secondary N) is 1. The molecule has 2 saturated heterocycles. The summed E-state index contributed by atoms with van der Waals surface area (Å²) in [4.78, 5) is 70.1. The number of hydrogen-bond acceptors (Lipinski definition) is 12. The first-order valence-electron chi connectivity index (χ1n) is 17.5. The number of benzene rings is 2. The van der Waals surface area contributed by atoms with Crippen LogP contribution in [-0.4, -0.2) is 166 Å². The van der Waals surface area contributed by atoms with Crippen molar-refractivity contribution in [3.8, 4) is 11.5 Å². The van der Waals surface area contributed by atoms with Gasteiger partial charge in [-0.2, -0.15) is 0 Å². The van der Waals surface area contributed by atoms with Crippen LogP contribution in [0.3, 0.4) is 0 Å². The van der Waals surface area contributed by atoms with E-state index in [4.69, 9.17) is 9.05 Å². The summed E-state index contributed by atoms with van der Waals surface area (Å²) in [5.41, 5.74) is 0. The van der Waals surface area contributed by atoms with Gasteiger partial charge in [-0.15, -0.1) is 0 Å². The average molecular weight is 918 g/mol. The van der Waals surface area contributed by atoms with Crippen LogP contribution in [0.5, 0.6) is 11.5 Å². The van der Waals surface area contributed by atoms with E-state index in [9.17, 15) is 43.9 Å². The van der Waals surface area contributed by atoms with Crippen molar-refractivity contribution in [2.24, 2.45) is 0 Å². The summed E-state index contributed by atoms with van der Waals surface area (Å²) in [5, 5.41) is 31.1. The first-order chi connectivity index (χ1) is 25.3. The molecule has 2 aliphatic heterocycles. The van der Waals surface area contributed by atoms with E-state index in [-0.39, 0.29) is 125 Å². The van der Waals surface area contributed by atoms with Crippen LogP contribution < -0.4 is 14.4 Å². The number of nitrogens with zero attached hydrogens (tertiary/aromatic N) is 5. The Labute approximate surface area is 346 Å². The van der Waals surface area contributed by atoms with Gasteiger partial charge in [0.15, 0.2) is 5.78 Å². The van der Waals surface area contributed by atoms with Gasteiger partial charge in [-0.1, -0.05) is 36.4 Å². The third-order valence-corrected chi connectivity index (χ3v) is 11.1. The van der Waals surface area contributed by atoms with Crippen molar-refractivity contribution in [2.75, 3.05) is 85.1 Å². The second-order valence-corrected chi connectivity index (χ2v) is 15.1. The maximum atomic E-state index is 14.5. The minimum atomic E-state index is -4.03. The molecule has 0 saturated carbocycles. The van der Waals surface area contributed by atoms with E-state index in [1.54, 1.807) is 87.2 Å². The molecular formula is C35H49GdN6O11P. The Kier molecular flexibility index (Phi) is 18.7. The summed E-state index contributed by atoms with van der Waals surface area (Å²) in [7, 11) is -4.03. The van der Waals surface area contributed by atoms with Crippen molar-refractivity contribution in [3.05, 3.63) is 60.7 Å². The zero-order valence-corrected chi connectivity index (χ0v) is 33.3. The molecule has 2 heterocycles. The molecule has 2 aliphatic rings. The quantitative estimate of drug-likeness (QED) is 0.186. The Balaban J connectivity index is 0.00000784. The predicted molar refractivity (Wildman–Crippen MR) is 193 cm³/mol. The van der Waals surface area contributed by atoms with Gasteiger partial charge in [0.1, 0.15) is 17.5 Å². The molecule has 2 atom stereocenters. The Hall–Kier alpha value is -3.22. The molecule has 17 nitrogen and oxygen atoms in total. The van der Waals surface area contributed by atoms with Crippen LogP contribution in [0.15, 0.2) is 60.7 Å². The molecule has 4 rings (SSSR count). The third kappa shape index (κ3) is 14.8. The maximum Gasteiger partial charge on any atom is 0.453 e. The van der Waals surface area contributed by atoms with Crippen molar-refractivity contribution >= 4 is 37.3 Å². The van der Waals surface area contributed by atoms with Crippen LogP contribution in [0.2, 0.25) is 0 Å². The molecule has 0 aromatic heterocycles. The zero-order chi connectivity index (χ0) is 38.4. The number of carboxylic acid groups (broad SMARTS) is 3. The van der Waals surface area contributed by atoms with E-state index in [1.807, 2.05) is 0 Å². The predicted octanol–water partition coefficient (Wildman–Crippen LogP) is 1.27. The van der Waals surface area contributed by atoms with Gasteiger partial charge in [0.25, 0.3) is 0 Å². The number of carbonyl (C=O) groups is 5. The van der Waals surface area contributed by atoms with Gasteiger partial charge in [0.05, 0.1) is 26.2 Å². The number of carboxylic acids is 3. The first kappa shape index (κ1) is 45.2. The number of rotatable bonds is 15. The molecular weight excluding hydrogens is 869 g/mol. The molecule has 0 radical (unpaired) electrons. The van der Waals surface area contributed by atoms with E-state index in [2.05, 4.69) is 5.32 Å². The molecule has 2 unspecified atom stereocenters. The molecule has 0 spiro atoms. The molecule has 19 heteroatoms. The van der Waals surface area contributed by atoms with Gasteiger partial charge in [0, 0.05) is 98.8 Å². The molecule has 2 fully saturated rings. The number of amides is 2. The monoisotopic (exact) mass is 918 g/mol. The van der Waals surface area contributed by atoms with Crippen LogP contribution in [0.1, 0.15) is 19.8 Å². The Morgan fingerprint density at radius 1 is 0.667 bits per heavy atom. The van der Waals surface area contributed by atoms with Gasteiger partial charge < -0.3 is 34.6 Å². The van der Waals surface area contributed by atoms with Crippen molar-refractivity contribution < 1.29 is 92.8 Å². The number of carbonyl (C=O) groups excluding carboxylic acids is 2. The van der Waals surface area contributed by atoms with Crippen LogP contribution in [0, 0.1) is 39.9 Å². The second-order valence-electron chi connectivity index (χ2n) is 13.1. The minimum absolute atomic E-state index is 0. The van der Waals surface area contributed by atoms with E-state index >= 15 is 0 Å². The van der Waals surface area contributed by atoms with Gasteiger partial charge in [-0.3, -0.25) is 43.6 Å². The number of hydrogen-bond donors (Lipinski definition) is 4. The summed E-state index contributed by atoms with van der Waals surface area (Å²) in [6.07, 6.45) is 0.893. The zero-order valence-electron chi connectivity index (χ0n) is 30.2. The summed E-state index contributed by atoms with van der Waals surface area (Å²) < 4.78 is 26.6. The van der Waals surface area contributed by atoms with E-state index in [0.717, 1.165) is 0 Å². The summed E-state index contributed by atoms with van der Waals surface area (Å²) in [6, 6.07) is 16.1. The van der Waals surface area contributed by atoms with E-state index in [1.165, 1.54) is 4.90 Å².